The quantitative estimate of drug-likeness (QED) is 0.436. The maximum absolute atomic E-state index is 4.20. The van der Waals surface area contributed by atoms with Crippen LogP contribution in [0, 0.1) is 18.8 Å². The van der Waals surface area contributed by atoms with Crippen LogP contribution in [0.2, 0.25) is 0 Å². The van der Waals surface area contributed by atoms with Gasteiger partial charge in [-0.15, -0.1) is 0 Å². The Morgan fingerprint density at radius 2 is 1.59 bits per heavy atom. The molecule has 0 spiro atoms. The fourth-order valence-electron chi connectivity index (χ4n) is 2.97. The molecule has 0 saturated carbocycles. The molecule has 22 heavy (non-hydrogen) atoms. The third kappa shape index (κ3) is 2.29. The topological polar surface area (TPSA) is 12.9 Å². The van der Waals surface area contributed by atoms with Gasteiger partial charge in [0.2, 0.25) is 0 Å². The van der Waals surface area contributed by atoms with E-state index in [1.165, 1.54) is 22.3 Å². The minimum absolute atomic E-state index is 0.995. The molecule has 4 rings (SSSR count). The lowest BCUT2D eigenvalue weighted by Crippen LogP contribution is -1.83. The van der Waals surface area contributed by atoms with Gasteiger partial charge in [-0.2, -0.15) is 0 Å². The summed E-state index contributed by atoms with van der Waals surface area (Å²) in [6.07, 6.45) is 2.83. The number of aryl methyl sites for hydroxylation is 1. The van der Waals surface area contributed by atoms with Crippen LogP contribution in [0.4, 0.5) is 0 Å². The number of aromatic nitrogens is 1. The molecule has 2 aromatic carbocycles. The average molecular weight is 281 g/mol. The molecular formula is C21H15N. The first-order valence-electron chi connectivity index (χ1n) is 7.45. The third-order valence-corrected chi connectivity index (χ3v) is 4.05. The van der Waals surface area contributed by atoms with Crippen LogP contribution in [0.3, 0.4) is 0 Å². The lowest BCUT2D eigenvalue weighted by Gasteiger charge is -2.01. The summed E-state index contributed by atoms with van der Waals surface area (Å²) in [7, 11) is 0. The summed E-state index contributed by atoms with van der Waals surface area (Å²) in [4.78, 5) is 4.20. The monoisotopic (exact) mass is 281 g/mol. The fourth-order valence-corrected chi connectivity index (χ4v) is 2.97. The summed E-state index contributed by atoms with van der Waals surface area (Å²) < 4.78 is 0. The van der Waals surface area contributed by atoms with Gasteiger partial charge in [-0.05, 0) is 59.9 Å². The van der Waals surface area contributed by atoms with Crippen LogP contribution in [0.5, 0.6) is 0 Å². The zero-order chi connectivity index (χ0) is 14.9. The van der Waals surface area contributed by atoms with Gasteiger partial charge in [0.1, 0.15) is 0 Å². The first-order valence-corrected chi connectivity index (χ1v) is 7.45. The Kier molecular flexibility index (Phi) is 3.02. The first kappa shape index (κ1) is 12.9. The molecule has 1 aliphatic carbocycles. The molecule has 104 valence electrons. The van der Waals surface area contributed by atoms with Crippen LogP contribution in [0.1, 0.15) is 27.9 Å². The number of benzene rings is 2. The Morgan fingerprint density at radius 1 is 0.818 bits per heavy atom. The van der Waals surface area contributed by atoms with Crippen molar-refractivity contribution in [1.82, 2.24) is 4.98 Å². The second-order valence-electron chi connectivity index (χ2n) is 5.64. The highest BCUT2D eigenvalue weighted by atomic mass is 14.6. The van der Waals surface area contributed by atoms with Crippen LogP contribution < -0.4 is 0 Å². The van der Waals surface area contributed by atoms with Crippen molar-refractivity contribution < 1.29 is 0 Å². The van der Waals surface area contributed by atoms with E-state index in [9.17, 15) is 0 Å². The van der Waals surface area contributed by atoms with Crippen molar-refractivity contribution in [3.05, 3.63) is 88.7 Å². The fraction of sp³-hybridized carbons (Fsp3) is 0.0952. The molecule has 0 unspecified atom stereocenters. The molecule has 1 heteroatoms. The lowest BCUT2D eigenvalue weighted by molar-refractivity contribution is 1.19. The van der Waals surface area contributed by atoms with Gasteiger partial charge in [0, 0.05) is 23.0 Å². The Morgan fingerprint density at radius 3 is 2.45 bits per heavy atom. The third-order valence-electron chi connectivity index (χ3n) is 4.05. The second-order valence-corrected chi connectivity index (χ2v) is 5.64. The SMILES string of the molecule is Cc1cc(C#Cc2ccc3c(c2)-c2ccccc2C3)ccn1. The number of fused-ring (bicyclic) bond motifs is 3. The van der Waals surface area contributed by atoms with Gasteiger partial charge in [-0.3, -0.25) is 4.98 Å². The van der Waals surface area contributed by atoms with E-state index >= 15 is 0 Å². The molecule has 0 bridgehead atoms. The van der Waals surface area contributed by atoms with Crippen molar-refractivity contribution >= 4 is 0 Å². The largest absolute Gasteiger partial charge is 0.262 e. The van der Waals surface area contributed by atoms with E-state index in [-0.39, 0.29) is 0 Å². The maximum Gasteiger partial charge on any atom is 0.0385 e. The van der Waals surface area contributed by atoms with E-state index < -0.39 is 0 Å². The second kappa shape index (κ2) is 5.16. The molecule has 0 fully saturated rings. The van der Waals surface area contributed by atoms with Crippen molar-refractivity contribution in [1.29, 1.82) is 0 Å². The molecule has 0 amide bonds. The Bertz CT molecular complexity index is 926. The van der Waals surface area contributed by atoms with Gasteiger partial charge in [-0.1, -0.05) is 42.2 Å². The molecule has 0 radical (unpaired) electrons. The van der Waals surface area contributed by atoms with Crippen molar-refractivity contribution in [2.75, 3.05) is 0 Å². The van der Waals surface area contributed by atoms with Crippen LogP contribution in [0.15, 0.2) is 60.8 Å². The van der Waals surface area contributed by atoms with Gasteiger partial charge >= 0.3 is 0 Å². The average Bonchev–Trinajstić information content (AvgIpc) is 2.91. The zero-order valence-corrected chi connectivity index (χ0v) is 12.4. The molecule has 3 aromatic rings. The van der Waals surface area contributed by atoms with E-state index in [0.717, 1.165) is 23.2 Å². The summed E-state index contributed by atoms with van der Waals surface area (Å²) in [5.41, 5.74) is 8.54. The maximum atomic E-state index is 4.20. The number of hydrogen-bond donors (Lipinski definition) is 0. The molecule has 1 aliphatic rings. The van der Waals surface area contributed by atoms with E-state index in [1.54, 1.807) is 6.20 Å². The van der Waals surface area contributed by atoms with E-state index in [4.69, 9.17) is 0 Å². The number of rotatable bonds is 0. The van der Waals surface area contributed by atoms with Crippen molar-refractivity contribution in [2.45, 2.75) is 13.3 Å². The van der Waals surface area contributed by atoms with Gasteiger partial charge in [0.15, 0.2) is 0 Å². The van der Waals surface area contributed by atoms with Crippen molar-refractivity contribution in [3.8, 4) is 23.0 Å². The van der Waals surface area contributed by atoms with Crippen LogP contribution in [0.25, 0.3) is 11.1 Å². The summed E-state index contributed by atoms with van der Waals surface area (Å²) in [6.45, 7) is 1.98. The van der Waals surface area contributed by atoms with Crippen LogP contribution in [-0.4, -0.2) is 4.98 Å². The van der Waals surface area contributed by atoms with Gasteiger partial charge in [-0.25, -0.2) is 0 Å². The molecule has 0 N–H and O–H groups in total. The molecular weight excluding hydrogens is 266 g/mol. The van der Waals surface area contributed by atoms with Crippen molar-refractivity contribution in [3.63, 3.8) is 0 Å². The normalized spacial score (nSPS) is 11.3. The van der Waals surface area contributed by atoms with Crippen molar-refractivity contribution in [2.24, 2.45) is 0 Å². The van der Waals surface area contributed by atoms with E-state index in [2.05, 4.69) is 59.3 Å². The summed E-state index contributed by atoms with van der Waals surface area (Å²) >= 11 is 0. The highest BCUT2D eigenvalue weighted by molar-refractivity contribution is 5.77. The first-order chi connectivity index (χ1) is 10.8. The number of pyridine rings is 1. The molecule has 1 heterocycles. The van der Waals surface area contributed by atoms with Crippen LogP contribution in [-0.2, 0) is 6.42 Å². The Labute approximate surface area is 130 Å². The zero-order valence-electron chi connectivity index (χ0n) is 12.4. The Hall–Kier alpha value is -2.85. The smallest absolute Gasteiger partial charge is 0.0385 e. The minimum Gasteiger partial charge on any atom is -0.262 e. The molecule has 0 saturated heterocycles. The standard InChI is InChI=1S/C21H15N/c1-15-12-17(10-11-22-15)7-6-16-8-9-19-14-18-4-2-3-5-20(18)21(19)13-16/h2-5,8-13H,14H2,1H3. The van der Waals surface area contributed by atoms with Gasteiger partial charge in [0.25, 0.3) is 0 Å². The summed E-state index contributed by atoms with van der Waals surface area (Å²) in [6, 6.07) is 19.1. The summed E-state index contributed by atoms with van der Waals surface area (Å²) in [5.74, 6) is 6.50. The number of nitrogens with zero attached hydrogens (tertiary/aromatic N) is 1. The van der Waals surface area contributed by atoms with Gasteiger partial charge < -0.3 is 0 Å². The highest BCUT2D eigenvalue weighted by Gasteiger charge is 2.17. The molecule has 0 aliphatic heterocycles. The molecule has 1 nitrogen and oxygen atoms in total. The van der Waals surface area contributed by atoms with E-state index in [1.807, 2.05) is 19.1 Å². The van der Waals surface area contributed by atoms with E-state index in [0.29, 0.717) is 0 Å². The predicted octanol–water partition coefficient (Wildman–Crippen LogP) is 4.36. The highest BCUT2D eigenvalue weighted by Crippen LogP contribution is 2.36. The minimum atomic E-state index is 0.995. The summed E-state index contributed by atoms with van der Waals surface area (Å²) in [5, 5.41) is 0. The molecule has 1 aromatic heterocycles. The number of hydrogen-bond acceptors (Lipinski definition) is 1. The predicted molar refractivity (Wildman–Crippen MR) is 89.6 cm³/mol. The van der Waals surface area contributed by atoms with Gasteiger partial charge in [0.05, 0.1) is 0 Å². The lowest BCUT2D eigenvalue weighted by atomic mass is 10.0. The van der Waals surface area contributed by atoms with Crippen LogP contribution >= 0.6 is 0 Å². The molecule has 0 atom stereocenters. The Balaban J connectivity index is 1.72.